The van der Waals surface area contributed by atoms with Crippen molar-refractivity contribution >= 4 is 28.2 Å². The number of aryl methyl sites for hydroxylation is 1. The first-order valence-electron chi connectivity index (χ1n) is 5.17. The first kappa shape index (κ1) is 11.9. The molecular formula is C13H12AsNO2. The number of carbonyl (C=O) groups excluding carboxylic acids is 1. The minimum absolute atomic E-state index is 0.0360. The third-order valence-electron chi connectivity index (χ3n) is 2.34. The van der Waals surface area contributed by atoms with E-state index in [-0.39, 0.29) is 5.78 Å². The molecule has 0 N–H and O–H groups in total. The van der Waals surface area contributed by atoms with Crippen molar-refractivity contribution in [3.63, 3.8) is 0 Å². The average Bonchev–Trinajstić information content (AvgIpc) is 2.78. The fourth-order valence-corrected chi connectivity index (χ4v) is 2.17. The van der Waals surface area contributed by atoms with E-state index in [0.29, 0.717) is 16.9 Å². The Kier molecular flexibility index (Phi) is 3.60. The Morgan fingerprint density at radius 1 is 1.35 bits per heavy atom. The number of aromatic nitrogens is 1. The fraction of sp³-hybridized carbons (Fsp3) is 0.0769. The summed E-state index contributed by atoms with van der Waals surface area (Å²) in [7, 11) is 0. The van der Waals surface area contributed by atoms with Gasteiger partial charge in [-0.3, -0.25) is 0 Å². The third-order valence-corrected chi connectivity index (χ3v) is 3.04. The van der Waals surface area contributed by atoms with Gasteiger partial charge in [0.2, 0.25) is 0 Å². The summed E-state index contributed by atoms with van der Waals surface area (Å²) in [4.78, 5) is 14.0. The Hall–Kier alpha value is -1.60. The van der Waals surface area contributed by atoms with Gasteiger partial charge in [-0.1, -0.05) is 0 Å². The number of ketones is 1. The van der Waals surface area contributed by atoms with Crippen molar-refractivity contribution in [2.24, 2.45) is 0 Å². The summed E-state index contributed by atoms with van der Waals surface area (Å²) in [6.45, 7) is 1.83. The summed E-state index contributed by atoms with van der Waals surface area (Å²) < 4.78 is 5.13. The summed E-state index contributed by atoms with van der Waals surface area (Å²) in [6, 6.07) is 10.9. The molecule has 0 radical (unpaired) electrons. The standard InChI is InChI=1S/C13H12AsNO2/c1-9-7-12(17-15-9)11(8-14)13(16)10-5-3-2-4-6-10/h2-8H,14H2,1H3. The number of allylic oxidation sites excluding steroid dienone is 1. The van der Waals surface area contributed by atoms with E-state index in [1.807, 2.05) is 30.0 Å². The zero-order valence-corrected chi connectivity index (χ0v) is 11.8. The predicted molar refractivity (Wildman–Crippen MR) is 68.5 cm³/mol. The van der Waals surface area contributed by atoms with E-state index < -0.39 is 0 Å². The molecule has 0 fully saturated rings. The summed E-state index contributed by atoms with van der Waals surface area (Å²) >= 11 is 1.36. The Morgan fingerprint density at radius 3 is 2.59 bits per heavy atom. The quantitative estimate of drug-likeness (QED) is 0.492. The van der Waals surface area contributed by atoms with Gasteiger partial charge >= 0.3 is 108 Å². The van der Waals surface area contributed by atoms with Gasteiger partial charge < -0.3 is 0 Å². The molecule has 0 aliphatic carbocycles. The summed E-state index contributed by atoms with van der Waals surface area (Å²) in [5.41, 5.74) is 2.00. The van der Waals surface area contributed by atoms with Crippen LogP contribution in [0.3, 0.4) is 0 Å². The topological polar surface area (TPSA) is 43.1 Å². The van der Waals surface area contributed by atoms with Crippen LogP contribution in [0, 0.1) is 6.92 Å². The van der Waals surface area contributed by atoms with Gasteiger partial charge in [0, 0.05) is 0 Å². The van der Waals surface area contributed by atoms with Crippen molar-refractivity contribution in [2.45, 2.75) is 6.92 Å². The van der Waals surface area contributed by atoms with Crippen LogP contribution in [0.4, 0.5) is 0 Å². The van der Waals surface area contributed by atoms with Gasteiger partial charge in [0.05, 0.1) is 0 Å². The Balaban J connectivity index is 2.36. The number of nitrogens with zero attached hydrogens (tertiary/aromatic N) is 1. The van der Waals surface area contributed by atoms with Crippen molar-refractivity contribution in [3.8, 4) is 0 Å². The summed E-state index contributed by atoms with van der Waals surface area (Å²) in [6.07, 6.45) is 0. The van der Waals surface area contributed by atoms with Crippen LogP contribution in [0.1, 0.15) is 21.8 Å². The van der Waals surface area contributed by atoms with E-state index >= 15 is 0 Å². The van der Waals surface area contributed by atoms with Crippen LogP contribution in [0.25, 0.3) is 5.57 Å². The Labute approximate surface area is 108 Å². The molecule has 0 bridgehead atoms. The van der Waals surface area contributed by atoms with Crippen LogP contribution in [0.5, 0.6) is 0 Å². The third kappa shape index (κ3) is 2.56. The van der Waals surface area contributed by atoms with Gasteiger partial charge in [-0.25, -0.2) is 0 Å². The molecule has 2 rings (SSSR count). The van der Waals surface area contributed by atoms with E-state index in [4.69, 9.17) is 4.52 Å². The van der Waals surface area contributed by atoms with Gasteiger partial charge in [0.15, 0.2) is 0 Å². The molecule has 1 aromatic carbocycles. The van der Waals surface area contributed by atoms with E-state index in [1.54, 1.807) is 18.2 Å². The molecule has 0 spiro atoms. The van der Waals surface area contributed by atoms with Crippen molar-refractivity contribution < 1.29 is 9.32 Å². The molecular weight excluding hydrogens is 277 g/mol. The van der Waals surface area contributed by atoms with Gasteiger partial charge in [-0.05, 0) is 0 Å². The van der Waals surface area contributed by atoms with Crippen LogP contribution >= 0.6 is 0 Å². The van der Waals surface area contributed by atoms with Crippen molar-refractivity contribution in [1.82, 2.24) is 5.16 Å². The van der Waals surface area contributed by atoms with Crippen LogP contribution < -0.4 is 0 Å². The number of Topliss-reactive ketones (excluding diaryl/α,β-unsaturated/α-hetero) is 1. The zero-order valence-electron chi connectivity index (χ0n) is 9.38. The van der Waals surface area contributed by atoms with E-state index in [0.717, 1.165) is 5.69 Å². The average molecular weight is 289 g/mol. The van der Waals surface area contributed by atoms with Gasteiger partial charge in [-0.15, -0.1) is 0 Å². The maximum absolute atomic E-state index is 12.2. The number of benzene rings is 1. The zero-order chi connectivity index (χ0) is 12.3. The first-order chi connectivity index (χ1) is 8.22. The molecule has 0 saturated carbocycles. The Morgan fingerprint density at radius 2 is 2.06 bits per heavy atom. The first-order valence-corrected chi connectivity index (χ1v) is 6.57. The number of carbonyl (C=O) groups is 1. The van der Waals surface area contributed by atoms with Crippen LogP contribution in [-0.4, -0.2) is 27.8 Å². The van der Waals surface area contributed by atoms with Crippen LogP contribution in [0.15, 0.2) is 45.8 Å². The molecule has 1 aromatic heterocycles. The monoisotopic (exact) mass is 289 g/mol. The molecule has 1 heterocycles. The molecule has 0 saturated heterocycles. The van der Waals surface area contributed by atoms with Crippen molar-refractivity contribution in [3.05, 3.63) is 58.3 Å². The van der Waals surface area contributed by atoms with E-state index in [1.165, 1.54) is 16.9 Å². The molecule has 17 heavy (non-hydrogen) atoms. The molecule has 3 nitrogen and oxygen atoms in total. The predicted octanol–water partition coefficient (Wildman–Crippen LogP) is 1.84. The fourth-order valence-electron chi connectivity index (χ4n) is 1.51. The SMILES string of the molecule is Cc1cc(C(=C[AsH2])C(=O)c2ccccc2)on1. The number of hydrogen-bond acceptors (Lipinski definition) is 3. The van der Waals surface area contributed by atoms with E-state index in [9.17, 15) is 4.79 Å². The second-order valence-corrected chi connectivity index (χ2v) is 4.31. The van der Waals surface area contributed by atoms with Gasteiger partial charge in [-0.2, -0.15) is 0 Å². The summed E-state index contributed by atoms with van der Waals surface area (Å²) in [5, 5.41) is 3.80. The minimum atomic E-state index is -0.0360. The van der Waals surface area contributed by atoms with Crippen LogP contribution in [0.2, 0.25) is 0 Å². The van der Waals surface area contributed by atoms with E-state index in [2.05, 4.69) is 5.16 Å². The molecule has 1 atom stereocenters. The van der Waals surface area contributed by atoms with Crippen LogP contribution in [-0.2, 0) is 0 Å². The molecule has 1 unspecified atom stereocenters. The number of hydrogen-bond donors (Lipinski definition) is 0. The molecule has 0 aliphatic rings. The molecule has 4 heteroatoms. The molecule has 0 amide bonds. The molecule has 0 aliphatic heterocycles. The Bertz CT molecular complexity index is 558. The van der Waals surface area contributed by atoms with Crippen molar-refractivity contribution in [2.75, 3.05) is 0 Å². The van der Waals surface area contributed by atoms with Gasteiger partial charge in [0.1, 0.15) is 0 Å². The maximum atomic E-state index is 12.2. The second kappa shape index (κ2) is 5.15. The van der Waals surface area contributed by atoms with Crippen molar-refractivity contribution in [1.29, 1.82) is 0 Å². The molecule has 86 valence electrons. The van der Waals surface area contributed by atoms with Gasteiger partial charge in [0.25, 0.3) is 0 Å². The number of rotatable bonds is 3. The molecule has 2 aromatic rings. The summed E-state index contributed by atoms with van der Waals surface area (Å²) in [5.74, 6) is 0.492. The second-order valence-electron chi connectivity index (χ2n) is 3.61. The normalized spacial score (nSPS) is 11.5.